The number of fused-ring (bicyclic) bond motifs is 1. The number of aryl methyl sites for hydroxylation is 1. The van der Waals surface area contributed by atoms with E-state index >= 15 is 0 Å². The molecule has 0 saturated carbocycles. The van der Waals surface area contributed by atoms with Gasteiger partial charge >= 0.3 is 0 Å². The first-order valence-electron chi connectivity index (χ1n) is 7.43. The predicted molar refractivity (Wildman–Crippen MR) is 77.5 cm³/mol. The van der Waals surface area contributed by atoms with Crippen LogP contribution in [0.5, 0.6) is 0 Å². The van der Waals surface area contributed by atoms with Gasteiger partial charge in [-0.3, -0.25) is 0 Å². The van der Waals surface area contributed by atoms with Crippen LogP contribution in [0.1, 0.15) is 54.9 Å². The van der Waals surface area contributed by atoms with Crippen LogP contribution < -0.4 is 5.73 Å². The molecule has 2 unspecified atom stereocenters. The Morgan fingerprint density at radius 1 is 1.40 bits per heavy atom. The molecular weight excluding hydrogens is 250 g/mol. The molecule has 106 valence electrons. The number of nitrogens with two attached hydrogens (primary N) is 1. The summed E-state index contributed by atoms with van der Waals surface area (Å²) in [6.45, 7) is 2.07. The number of nitrogens with zero attached hydrogens (tertiary/aromatic N) is 2. The fraction of sp³-hybridized carbons (Fsp3) is 0.500. The fourth-order valence-corrected chi connectivity index (χ4v) is 2.88. The minimum Gasteiger partial charge on any atom is -0.339 e. The van der Waals surface area contributed by atoms with Gasteiger partial charge in [-0.2, -0.15) is 4.98 Å². The molecule has 1 aromatic heterocycles. The second-order valence-electron chi connectivity index (χ2n) is 5.56. The lowest BCUT2D eigenvalue weighted by atomic mass is 9.83. The molecule has 0 spiro atoms. The first-order valence-corrected chi connectivity index (χ1v) is 7.43. The molecule has 20 heavy (non-hydrogen) atoms. The number of hydrogen-bond acceptors (Lipinski definition) is 4. The smallest absolute Gasteiger partial charge is 0.234 e. The van der Waals surface area contributed by atoms with Crippen molar-refractivity contribution in [2.24, 2.45) is 5.73 Å². The number of benzene rings is 1. The molecule has 1 aliphatic carbocycles. The third-order valence-corrected chi connectivity index (χ3v) is 4.12. The Morgan fingerprint density at radius 2 is 2.25 bits per heavy atom. The lowest BCUT2D eigenvalue weighted by Crippen LogP contribution is -2.22. The van der Waals surface area contributed by atoms with Crippen LogP contribution in [0.2, 0.25) is 0 Å². The third-order valence-electron chi connectivity index (χ3n) is 4.12. The second kappa shape index (κ2) is 5.75. The molecule has 0 fully saturated rings. The molecule has 0 amide bonds. The molecule has 2 N–H and O–H groups in total. The molecule has 4 heteroatoms. The van der Waals surface area contributed by atoms with E-state index < -0.39 is 0 Å². The first kappa shape index (κ1) is 13.3. The van der Waals surface area contributed by atoms with E-state index in [1.807, 2.05) is 0 Å². The van der Waals surface area contributed by atoms with Gasteiger partial charge in [0.1, 0.15) is 0 Å². The normalized spacial score (nSPS) is 19.6. The SMILES string of the molecule is CCC(N)Cc1noc(C2CCCc3ccccc32)n1. The summed E-state index contributed by atoms with van der Waals surface area (Å²) in [6.07, 6.45) is 5.02. The van der Waals surface area contributed by atoms with Gasteiger partial charge in [0.2, 0.25) is 5.89 Å². The van der Waals surface area contributed by atoms with E-state index in [9.17, 15) is 0 Å². The fourth-order valence-electron chi connectivity index (χ4n) is 2.88. The summed E-state index contributed by atoms with van der Waals surface area (Å²) >= 11 is 0. The maximum Gasteiger partial charge on any atom is 0.234 e. The van der Waals surface area contributed by atoms with Gasteiger partial charge in [-0.05, 0) is 36.8 Å². The Balaban J connectivity index is 1.84. The average molecular weight is 271 g/mol. The van der Waals surface area contributed by atoms with Crippen molar-refractivity contribution < 1.29 is 4.52 Å². The highest BCUT2D eigenvalue weighted by Crippen LogP contribution is 2.35. The van der Waals surface area contributed by atoms with E-state index in [1.54, 1.807) is 0 Å². The number of aromatic nitrogens is 2. The Labute approximate surface area is 119 Å². The Bertz CT molecular complexity index is 579. The molecular formula is C16H21N3O. The quantitative estimate of drug-likeness (QED) is 0.928. The van der Waals surface area contributed by atoms with Crippen molar-refractivity contribution in [1.82, 2.24) is 10.1 Å². The first-order chi connectivity index (χ1) is 9.78. The molecule has 1 heterocycles. The molecule has 0 radical (unpaired) electrons. The van der Waals surface area contributed by atoms with Gasteiger partial charge in [0.25, 0.3) is 0 Å². The van der Waals surface area contributed by atoms with Crippen LogP contribution in [-0.2, 0) is 12.8 Å². The predicted octanol–water partition coefficient (Wildman–Crippen LogP) is 2.82. The zero-order valence-electron chi connectivity index (χ0n) is 11.9. The molecule has 3 rings (SSSR count). The summed E-state index contributed by atoms with van der Waals surface area (Å²) in [7, 11) is 0. The van der Waals surface area contributed by atoms with Gasteiger partial charge in [0.05, 0.1) is 5.92 Å². The highest BCUT2D eigenvalue weighted by molar-refractivity contribution is 5.35. The molecule has 0 bridgehead atoms. The van der Waals surface area contributed by atoms with E-state index in [4.69, 9.17) is 10.3 Å². The molecule has 1 aromatic carbocycles. The van der Waals surface area contributed by atoms with Crippen molar-refractivity contribution in [3.8, 4) is 0 Å². The summed E-state index contributed by atoms with van der Waals surface area (Å²) in [5.74, 6) is 1.73. The van der Waals surface area contributed by atoms with E-state index in [-0.39, 0.29) is 12.0 Å². The van der Waals surface area contributed by atoms with Gasteiger partial charge < -0.3 is 10.3 Å². The highest BCUT2D eigenvalue weighted by Gasteiger charge is 2.26. The summed E-state index contributed by atoms with van der Waals surface area (Å²) in [5.41, 5.74) is 8.70. The molecule has 0 saturated heterocycles. The third kappa shape index (κ3) is 2.61. The van der Waals surface area contributed by atoms with Crippen molar-refractivity contribution >= 4 is 0 Å². The van der Waals surface area contributed by atoms with Crippen molar-refractivity contribution in [3.05, 3.63) is 47.1 Å². The topological polar surface area (TPSA) is 64.9 Å². The van der Waals surface area contributed by atoms with Crippen LogP contribution in [0.4, 0.5) is 0 Å². The monoisotopic (exact) mass is 271 g/mol. The van der Waals surface area contributed by atoms with E-state index in [1.165, 1.54) is 17.5 Å². The summed E-state index contributed by atoms with van der Waals surface area (Å²) in [6, 6.07) is 8.67. The van der Waals surface area contributed by atoms with Crippen molar-refractivity contribution in [1.29, 1.82) is 0 Å². The Kier molecular flexibility index (Phi) is 3.83. The summed E-state index contributed by atoms with van der Waals surface area (Å²) < 4.78 is 5.49. The minimum atomic E-state index is 0.110. The lowest BCUT2D eigenvalue weighted by Gasteiger charge is -2.22. The van der Waals surface area contributed by atoms with Crippen LogP contribution in [0.25, 0.3) is 0 Å². The minimum absolute atomic E-state index is 0.110. The van der Waals surface area contributed by atoms with Crippen LogP contribution in [-0.4, -0.2) is 16.2 Å². The Morgan fingerprint density at radius 3 is 3.10 bits per heavy atom. The van der Waals surface area contributed by atoms with Gasteiger partial charge in [0, 0.05) is 12.5 Å². The summed E-state index contributed by atoms with van der Waals surface area (Å²) in [5, 5.41) is 4.09. The summed E-state index contributed by atoms with van der Waals surface area (Å²) in [4.78, 5) is 4.56. The van der Waals surface area contributed by atoms with E-state index in [2.05, 4.69) is 41.3 Å². The molecule has 0 aliphatic heterocycles. The van der Waals surface area contributed by atoms with Gasteiger partial charge in [0.15, 0.2) is 5.82 Å². The second-order valence-corrected chi connectivity index (χ2v) is 5.56. The molecule has 2 atom stereocenters. The van der Waals surface area contributed by atoms with Crippen LogP contribution in [0.3, 0.4) is 0 Å². The van der Waals surface area contributed by atoms with E-state index in [0.29, 0.717) is 6.42 Å². The molecule has 1 aliphatic rings. The molecule has 2 aromatic rings. The number of hydrogen-bond donors (Lipinski definition) is 1. The maximum atomic E-state index is 5.95. The van der Waals surface area contributed by atoms with Crippen molar-refractivity contribution in [3.63, 3.8) is 0 Å². The zero-order valence-corrected chi connectivity index (χ0v) is 11.9. The van der Waals surface area contributed by atoms with Crippen LogP contribution in [0.15, 0.2) is 28.8 Å². The van der Waals surface area contributed by atoms with Crippen molar-refractivity contribution in [2.75, 3.05) is 0 Å². The van der Waals surface area contributed by atoms with E-state index in [0.717, 1.165) is 31.0 Å². The van der Waals surface area contributed by atoms with Gasteiger partial charge in [-0.25, -0.2) is 0 Å². The largest absolute Gasteiger partial charge is 0.339 e. The zero-order chi connectivity index (χ0) is 13.9. The number of rotatable bonds is 4. The molecule has 4 nitrogen and oxygen atoms in total. The van der Waals surface area contributed by atoms with Crippen molar-refractivity contribution in [2.45, 2.75) is 51.0 Å². The van der Waals surface area contributed by atoms with Crippen LogP contribution >= 0.6 is 0 Å². The lowest BCUT2D eigenvalue weighted by molar-refractivity contribution is 0.349. The van der Waals surface area contributed by atoms with Gasteiger partial charge in [-0.1, -0.05) is 36.3 Å². The average Bonchev–Trinajstić information content (AvgIpc) is 2.94. The maximum absolute atomic E-state index is 5.95. The highest BCUT2D eigenvalue weighted by atomic mass is 16.5. The van der Waals surface area contributed by atoms with Crippen LogP contribution in [0, 0.1) is 0 Å². The van der Waals surface area contributed by atoms with Gasteiger partial charge in [-0.15, -0.1) is 0 Å². The standard InChI is InChI=1S/C16H21N3O/c1-2-12(17)10-15-18-16(20-19-15)14-9-5-7-11-6-3-4-8-13(11)14/h3-4,6,8,12,14H,2,5,7,9-10,17H2,1H3. The Hall–Kier alpha value is -1.68.